The summed E-state index contributed by atoms with van der Waals surface area (Å²) in [5.41, 5.74) is 11.8. The molecule has 1 heterocycles. The summed E-state index contributed by atoms with van der Waals surface area (Å²) in [7, 11) is 0. The fraction of sp³-hybridized carbons (Fsp3) is 0.389. The lowest BCUT2D eigenvalue weighted by molar-refractivity contribution is 0.101. The molecule has 2 rings (SSSR count). The first kappa shape index (κ1) is 15.4. The lowest BCUT2D eigenvalue weighted by Crippen LogP contribution is -2.04. The number of aryl methyl sites for hydroxylation is 1. The predicted molar refractivity (Wildman–Crippen MR) is 88.7 cm³/mol. The van der Waals surface area contributed by atoms with Crippen LogP contribution in [0.2, 0.25) is 0 Å². The predicted octanol–water partition coefficient (Wildman–Crippen LogP) is 4.36. The van der Waals surface area contributed by atoms with E-state index in [0.717, 1.165) is 36.3 Å². The summed E-state index contributed by atoms with van der Waals surface area (Å²) < 4.78 is 2.19. The fourth-order valence-electron chi connectivity index (χ4n) is 2.82. The van der Waals surface area contributed by atoms with E-state index in [1.807, 2.05) is 6.92 Å². The van der Waals surface area contributed by atoms with Gasteiger partial charge < -0.3 is 10.3 Å². The van der Waals surface area contributed by atoms with Crippen molar-refractivity contribution in [2.24, 2.45) is 0 Å². The zero-order valence-electron chi connectivity index (χ0n) is 13.4. The van der Waals surface area contributed by atoms with Crippen LogP contribution in [0.25, 0.3) is 11.3 Å². The zero-order chi connectivity index (χ0) is 15.6. The van der Waals surface area contributed by atoms with Gasteiger partial charge in [0.15, 0.2) is 5.78 Å². The van der Waals surface area contributed by atoms with Crippen LogP contribution >= 0.6 is 0 Å². The van der Waals surface area contributed by atoms with Crippen LogP contribution in [0.5, 0.6) is 0 Å². The van der Waals surface area contributed by atoms with Crippen LogP contribution in [0, 0.1) is 13.8 Å². The fourth-order valence-corrected chi connectivity index (χ4v) is 2.82. The Balaban J connectivity index is 2.64. The quantitative estimate of drug-likeness (QED) is 0.829. The van der Waals surface area contributed by atoms with Crippen molar-refractivity contribution >= 4 is 11.5 Å². The van der Waals surface area contributed by atoms with Gasteiger partial charge in [-0.3, -0.25) is 4.79 Å². The number of anilines is 1. The van der Waals surface area contributed by atoms with Crippen LogP contribution in [0.1, 0.15) is 48.3 Å². The normalized spacial score (nSPS) is 10.9. The van der Waals surface area contributed by atoms with Gasteiger partial charge in [-0.05, 0) is 27.2 Å². The molecular weight excluding hydrogens is 260 g/mol. The number of carbonyl (C=O) groups excluding carboxylic acids is 1. The second kappa shape index (κ2) is 6.17. The van der Waals surface area contributed by atoms with Crippen LogP contribution in [0.4, 0.5) is 5.69 Å². The van der Waals surface area contributed by atoms with E-state index in [-0.39, 0.29) is 5.78 Å². The number of ketones is 1. The minimum Gasteiger partial charge on any atom is -0.396 e. The molecule has 3 heteroatoms. The molecule has 0 unspecified atom stereocenters. The van der Waals surface area contributed by atoms with Gasteiger partial charge in [0.05, 0.1) is 16.9 Å². The van der Waals surface area contributed by atoms with Crippen LogP contribution in [-0.4, -0.2) is 10.4 Å². The third kappa shape index (κ3) is 2.87. The van der Waals surface area contributed by atoms with Crippen molar-refractivity contribution in [2.75, 3.05) is 5.73 Å². The Morgan fingerprint density at radius 2 is 1.81 bits per heavy atom. The first-order chi connectivity index (χ1) is 9.97. The molecule has 0 saturated heterocycles. The van der Waals surface area contributed by atoms with E-state index in [9.17, 15) is 4.79 Å². The molecule has 3 nitrogen and oxygen atoms in total. The van der Waals surface area contributed by atoms with E-state index < -0.39 is 0 Å². The highest BCUT2D eigenvalue weighted by Gasteiger charge is 2.21. The highest BCUT2D eigenvalue weighted by atomic mass is 16.1. The Morgan fingerprint density at radius 1 is 1.19 bits per heavy atom. The molecule has 0 aliphatic carbocycles. The minimum atomic E-state index is 0.0358. The largest absolute Gasteiger partial charge is 0.396 e. The summed E-state index contributed by atoms with van der Waals surface area (Å²) >= 11 is 0. The molecule has 0 saturated carbocycles. The molecule has 0 fully saturated rings. The van der Waals surface area contributed by atoms with Crippen molar-refractivity contribution in [3.05, 3.63) is 41.1 Å². The molecule has 2 aromatic rings. The third-order valence-electron chi connectivity index (χ3n) is 3.97. The zero-order valence-corrected chi connectivity index (χ0v) is 13.4. The molecule has 0 spiro atoms. The van der Waals surface area contributed by atoms with Gasteiger partial charge in [0, 0.05) is 17.8 Å². The van der Waals surface area contributed by atoms with E-state index >= 15 is 0 Å². The Labute approximate surface area is 126 Å². The van der Waals surface area contributed by atoms with Crippen LogP contribution in [0.15, 0.2) is 24.3 Å². The number of aromatic nitrogens is 1. The summed E-state index contributed by atoms with van der Waals surface area (Å²) in [4.78, 5) is 11.9. The molecule has 0 aliphatic heterocycles. The molecule has 0 radical (unpaired) electrons. The first-order valence-corrected chi connectivity index (χ1v) is 7.53. The minimum absolute atomic E-state index is 0.0358. The topological polar surface area (TPSA) is 48.0 Å². The van der Waals surface area contributed by atoms with Gasteiger partial charge in [-0.25, -0.2) is 0 Å². The molecule has 21 heavy (non-hydrogen) atoms. The van der Waals surface area contributed by atoms with Crippen molar-refractivity contribution in [3.63, 3.8) is 0 Å². The van der Waals surface area contributed by atoms with Crippen molar-refractivity contribution in [1.29, 1.82) is 0 Å². The van der Waals surface area contributed by atoms with Crippen LogP contribution in [-0.2, 0) is 6.54 Å². The molecule has 1 aromatic heterocycles. The average molecular weight is 284 g/mol. The summed E-state index contributed by atoms with van der Waals surface area (Å²) in [6.07, 6.45) is 2.19. The summed E-state index contributed by atoms with van der Waals surface area (Å²) in [5, 5.41) is 0. The maximum Gasteiger partial charge on any atom is 0.163 e. The Morgan fingerprint density at radius 3 is 2.33 bits per heavy atom. The standard InChI is InChI=1S/C18H24N2O/c1-5-6-11-20-13(3)16(14(4)21)17(19)18(20)15-9-7-12(2)8-10-15/h7-10H,5-6,11,19H2,1-4H3. The van der Waals surface area contributed by atoms with Gasteiger partial charge in [0.25, 0.3) is 0 Å². The van der Waals surface area contributed by atoms with Gasteiger partial charge in [-0.15, -0.1) is 0 Å². The number of nitrogens with zero attached hydrogens (tertiary/aromatic N) is 1. The molecule has 1 aromatic carbocycles. The highest BCUT2D eigenvalue weighted by Crippen LogP contribution is 2.34. The molecule has 0 atom stereocenters. The number of hydrogen-bond donors (Lipinski definition) is 1. The number of rotatable bonds is 5. The number of benzene rings is 1. The third-order valence-corrected chi connectivity index (χ3v) is 3.97. The van der Waals surface area contributed by atoms with Crippen LogP contribution < -0.4 is 5.73 Å². The smallest absolute Gasteiger partial charge is 0.163 e. The van der Waals surface area contributed by atoms with Gasteiger partial charge in [-0.2, -0.15) is 0 Å². The SMILES string of the molecule is CCCCn1c(C)c(C(C)=O)c(N)c1-c1ccc(C)cc1. The Hall–Kier alpha value is -2.03. The number of unbranched alkanes of at least 4 members (excludes halogenated alkanes) is 1. The maximum absolute atomic E-state index is 11.9. The van der Waals surface area contributed by atoms with E-state index in [2.05, 4.69) is 42.7 Å². The molecule has 0 aliphatic rings. The van der Waals surface area contributed by atoms with Crippen molar-refractivity contribution in [2.45, 2.75) is 47.1 Å². The van der Waals surface area contributed by atoms with E-state index in [1.165, 1.54) is 5.56 Å². The van der Waals surface area contributed by atoms with Gasteiger partial charge in [-0.1, -0.05) is 43.2 Å². The number of hydrogen-bond acceptors (Lipinski definition) is 2. The monoisotopic (exact) mass is 284 g/mol. The second-order valence-corrected chi connectivity index (χ2v) is 5.65. The number of nitrogen functional groups attached to an aromatic ring is 1. The lowest BCUT2D eigenvalue weighted by Gasteiger charge is -2.12. The van der Waals surface area contributed by atoms with Crippen molar-refractivity contribution in [3.8, 4) is 11.3 Å². The molecule has 0 amide bonds. The molecule has 112 valence electrons. The number of Topliss-reactive ketones (excluding diaryl/α,β-unsaturated/α-hetero) is 1. The molecule has 0 bridgehead atoms. The average Bonchev–Trinajstić information content (AvgIpc) is 2.68. The molecule has 2 N–H and O–H groups in total. The summed E-state index contributed by atoms with van der Waals surface area (Å²) in [5.74, 6) is 0.0358. The van der Waals surface area contributed by atoms with Crippen molar-refractivity contribution < 1.29 is 4.79 Å². The Bertz CT molecular complexity index is 651. The number of nitrogens with two attached hydrogens (primary N) is 1. The maximum atomic E-state index is 11.9. The van der Waals surface area contributed by atoms with Gasteiger partial charge in [0.2, 0.25) is 0 Å². The molecular formula is C18H24N2O. The first-order valence-electron chi connectivity index (χ1n) is 7.53. The summed E-state index contributed by atoms with van der Waals surface area (Å²) in [6, 6.07) is 8.31. The highest BCUT2D eigenvalue weighted by molar-refractivity contribution is 6.04. The van der Waals surface area contributed by atoms with Gasteiger partial charge >= 0.3 is 0 Å². The van der Waals surface area contributed by atoms with Crippen LogP contribution in [0.3, 0.4) is 0 Å². The second-order valence-electron chi connectivity index (χ2n) is 5.65. The summed E-state index contributed by atoms with van der Waals surface area (Å²) in [6.45, 7) is 8.69. The van der Waals surface area contributed by atoms with Crippen molar-refractivity contribution in [1.82, 2.24) is 4.57 Å². The van der Waals surface area contributed by atoms with E-state index in [4.69, 9.17) is 5.73 Å². The Kier molecular flexibility index (Phi) is 4.51. The van der Waals surface area contributed by atoms with Gasteiger partial charge in [0.1, 0.15) is 0 Å². The van der Waals surface area contributed by atoms with E-state index in [1.54, 1.807) is 6.92 Å². The number of carbonyl (C=O) groups is 1. The van der Waals surface area contributed by atoms with E-state index in [0.29, 0.717) is 11.3 Å². The lowest BCUT2D eigenvalue weighted by atomic mass is 10.1.